The van der Waals surface area contributed by atoms with E-state index in [2.05, 4.69) is 10.3 Å². The van der Waals surface area contributed by atoms with Crippen LogP contribution in [0.5, 0.6) is 0 Å². The van der Waals surface area contributed by atoms with Gasteiger partial charge in [-0.1, -0.05) is 24.4 Å². The Morgan fingerprint density at radius 3 is 2.91 bits per heavy atom. The van der Waals surface area contributed by atoms with E-state index in [4.69, 9.17) is 24.4 Å². The molecule has 0 aromatic rings. The lowest BCUT2D eigenvalue weighted by Gasteiger charge is -2.07. The third-order valence-corrected chi connectivity index (χ3v) is 1.94. The number of amides is 1. The van der Waals surface area contributed by atoms with Gasteiger partial charge in [0, 0.05) is 6.21 Å². The van der Waals surface area contributed by atoms with Crippen LogP contribution in [0.3, 0.4) is 0 Å². The molecule has 0 saturated heterocycles. The van der Waals surface area contributed by atoms with Crippen molar-refractivity contribution in [2.45, 2.75) is 0 Å². The molecule has 0 unspecified atom stereocenters. The molecule has 0 aliphatic carbocycles. The van der Waals surface area contributed by atoms with E-state index in [0.29, 0.717) is 22.0 Å². The summed E-state index contributed by atoms with van der Waals surface area (Å²) in [6.07, 6.45) is 3.66. The van der Waals surface area contributed by atoms with Gasteiger partial charge in [-0.2, -0.15) is 0 Å². The van der Waals surface area contributed by atoms with Crippen LogP contribution in [0, 0.1) is 0 Å². The molecular formula is C6H4N2OS2. The number of nitrogens with one attached hydrogen (secondary N) is 1. The van der Waals surface area contributed by atoms with Crippen LogP contribution in [0.4, 0.5) is 0 Å². The Hall–Kier alpha value is -0.940. The molecule has 0 bridgehead atoms. The first-order valence-electron chi connectivity index (χ1n) is 2.79. The van der Waals surface area contributed by atoms with Gasteiger partial charge in [-0.25, -0.2) is 4.99 Å². The van der Waals surface area contributed by atoms with Crippen LogP contribution in [-0.4, -0.2) is 22.5 Å². The zero-order valence-corrected chi connectivity index (χ0v) is 7.04. The predicted molar refractivity (Wildman–Crippen MR) is 51.0 cm³/mol. The molecule has 0 radical (unpaired) electrons. The van der Waals surface area contributed by atoms with Gasteiger partial charge in [0.1, 0.15) is 4.99 Å². The third-order valence-electron chi connectivity index (χ3n) is 1.09. The summed E-state index contributed by atoms with van der Waals surface area (Å²) in [7, 11) is 0. The second-order valence-electron chi connectivity index (χ2n) is 1.75. The highest BCUT2D eigenvalue weighted by Crippen LogP contribution is 2.01. The number of rotatable bonds is 2. The van der Waals surface area contributed by atoms with E-state index in [0.717, 1.165) is 0 Å². The van der Waals surface area contributed by atoms with Crippen LogP contribution < -0.4 is 5.32 Å². The van der Waals surface area contributed by atoms with Crippen molar-refractivity contribution < 1.29 is 4.79 Å². The maximum absolute atomic E-state index is 10.0. The third kappa shape index (κ3) is 1.75. The van der Waals surface area contributed by atoms with Crippen LogP contribution >= 0.6 is 24.4 Å². The summed E-state index contributed by atoms with van der Waals surface area (Å²) in [6, 6.07) is 0. The standard InChI is InChI=1S/C6H4N2OS2/c9-3-8-4-1-2-7-6(11)5(4)10/h1-3H,(H,8,9). The number of hydrogen-bond donors (Lipinski definition) is 1. The first-order valence-corrected chi connectivity index (χ1v) is 3.60. The molecule has 1 N–H and O–H groups in total. The Morgan fingerprint density at radius 2 is 2.27 bits per heavy atom. The van der Waals surface area contributed by atoms with Crippen LogP contribution in [0.25, 0.3) is 0 Å². The molecule has 0 saturated carbocycles. The number of thiocarbonyl (C=S) groups is 2. The molecule has 0 fully saturated rings. The van der Waals surface area contributed by atoms with E-state index in [-0.39, 0.29) is 0 Å². The zero-order chi connectivity index (χ0) is 8.27. The highest BCUT2D eigenvalue weighted by molar-refractivity contribution is 7.89. The summed E-state index contributed by atoms with van der Waals surface area (Å²) < 4.78 is 0. The minimum absolute atomic E-state index is 0.340. The normalized spacial score (nSPS) is 16.2. The molecule has 0 aromatic carbocycles. The lowest BCUT2D eigenvalue weighted by atomic mass is 10.2. The summed E-state index contributed by atoms with van der Waals surface area (Å²) >= 11 is 9.65. The molecule has 0 aromatic heterocycles. The first-order chi connectivity index (χ1) is 5.25. The number of carbonyl (C=O) groups is 1. The van der Waals surface area contributed by atoms with Gasteiger partial charge >= 0.3 is 0 Å². The van der Waals surface area contributed by atoms with E-state index in [1.807, 2.05) is 0 Å². The monoisotopic (exact) mass is 184 g/mol. The highest BCUT2D eigenvalue weighted by atomic mass is 32.1. The Labute approximate surface area is 74.2 Å². The zero-order valence-electron chi connectivity index (χ0n) is 5.40. The fourth-order valence-electron chi connectivity index (χ4n) is 0.606. The van der Waals surface area contributed by atoms with Gasteiger partial charge in [-0.3, -0.25) is 4.79 Å². The molecule has 0 spiro atoms. The number of aliphatic imine (C=N–C) groups is 1. The van der Waals surface area contributed by atoms with Crippen molar-refractivity contribution in [3.8, 4) is 0 Å². The molecular weight excluding hydrogens is 180 g/mol. The maximum Gasteiger partial charge on any atom is 0.211 e. The number of nitrogens with zero attached hydrogens (tertiary/aromatic N) is 1. The molecule has 3 nitrogen and oxygen atoms in total. The molecule has 11 heavy (non-hydrogen) atoms. The van der Waals surface area contributed by atoms with E-state index < -0.39 is 0 Å². The minimum Gasteiger partial charge on any atom is -0.327 e. The lowest BCUT2D eigenvalue weighted by Crippen LogP contribution is -2.24. The van der Waals surface area contributed by atoms with Gasteiger partial charge in [0.2, 0.25) is 6.41 Å². The largest absolute Gasteiger partial charge is 0.327 e. The minimum atomic E-state index is 0.340. The molecule has 1 rings (SSSR count). The second kappa shape index (κ2) is 3.45. The smallest absolute Gasteiger partial charge is 0.211 e. The molecule has 56 valence electrons. The number of allylic oxidation sites excluding steroid dienone is 1. The van der Waals surface area contributed by atoms with Crippen molar-refractivity contribution in [1.82, 2.24) is 5.32 Å². The van der Waals surface area contributed by atoms with E-state index in [1.165, 1.54) is 6.21 Å². The maximum atomic E-state index is 10.0. The van der Waals surface area contributed by atoms with Gasteiger partial charge in [0.15, 0.2) is 0 Å². The summed E-state index contributed by atoms with van der Waals surface area (Å²) in [4.78, 5) is 14.6. The summed E-state index contributed by atoms with van der Waals surface area (Å²) in [5, 5.41) is 2.43. The van der Waals surface area contributed by atoms with Crippen LogP contribution in [0.2, 0.25) is 0 Å². The fraction of sp³-hybridized carbons (Fsp3) is 0. The van der Waals surface area contributed by atoms with Crippen LogP contribution in [-0.2, 0) is 4.79 Å². The number of carbonyl (C=O) groups excluding carboxylic acids is 1. The molecule has 1 aliphatic rings. The molecule has 0 atom stereocenters. The lowest BCUT2D eigenvalue weighted by molar-refractivity contribution is -0.108. The molecule has 1 amide bonds. The number of hydrogen-bond acceptors (Lipinski definition) is 3. The first kappa shape index (κ1) is 8.16. The Morgan fingerprint density at radius 1 is 1.55 bits per heavy atom. The molecule has 1 aliphatic heterocycles. The highest BCUT2D eigenvalue weighted by Gasteiger charge is 2.11. The van der Waals surface area contributed by atoms with Crippen LogP contribution in [0.15, 0.2) is 16.8 Å². The molecule has 1 heterocycles. The van der Waals surface area contributed by atoms with Crippen molar-refractivity contribution in [2.75, 3.05) is 0 Å². The Kier molecular flexibility index (Phi) is 2.56. The fourth-order valence-corrected chi connectivity index (χ4v) is 0.957. The second-order valence-corrected chi connectivity index (χ2v) is 2.55. The summed E-state index contributed by atoms with van der Waals surface area (Å²) in [5.41, 5.74) is 0.537. The van der Waals surface area contributed by atoms with Gasteiger partial charge in [-0.05, 0) is 6.08 Å². The van der Waals surface area contributed by atoms with Gasteiger partial charge in [0.05, 0.1) is 10.6 Å². The molecule has 5 heteroatoms. The Bertz CT molecular complexity index is 280. The topological polar surface area (TPSA) is 41.5 Å². The van der Waals surface area contributed by atoms with E-state index in [1.54, 1.807) is 6.08 Å². The Balaban J connectivity index is 2.86. The van der Waals surface area contributed by atoms with Crippen LogP contribution in [0.1, 0.15) is 0 Å². The van der Waals surface area contributed by atoms with Crippen molar-refractivity contribution in [2.24, 2.45) is 4.99 Å². The van der Waals surface area contributed by atoms with E-state index >= 15 is 0 Å². The van der Waals surface area contributed by atoms with Gasteiger partial charge in [-0.15, -0.1) is 0 Å². The van der Waals surface area contributed by atoms with Gasteiger partial charge < -0.3 is 5.32 Å². The van der Waals surface area contributed by atoms with Gasteiger partial charge in [0.25, 0.3) is 0 Å². The van der Waals surface area contributed by atoms with Crippen molar-refractivity contribution in [3.05, 3.63) is 11.8 Å². The van der Waals surface area contributed by atoms with Crippen molar-refractivity contribution in [1.29, 1.82) is 0 Å². The predicted octanol–water partition coefficient (Wildman–Crippen LogP) is 0.398. The van der Waals surface area contributed by atoms with E-state index in [9.17, 15) is 4.79 Å². The average Bonchev–Trinajstić information content (AvgIpc) is 1.99. The summed E-state index contributed by atoms with van der Waals surface area (Å²) in [6.45, 7) is 0. The quantitative estimate of drug-likeness (QED) is 0.499. The number of dihydropyridines is 1. The summed E-state index contributed by atoms with van der Waals surface area (Å²) in [5.74, 6) is 0. The average molecular weight is 184 g/mol. The van der Waals surface area contributed by atoms with Crippen molar-refractivity contribution >= 4 is 46.9 Å². The van der Waals surface area contributed by atoms with Crippen molar-refractivity contribution in [3.63, 3.8) is 0 Å². The SMILES string of the molecule is O=CNC1=CC=NC(=S)C1=S.